The lowest BCUT2D eigenvalue weighted by atomic mass is 9.96. The van der Waals surface area contributed by atoms with Gasteiger partial charge in [-0.1, -0.05) is 30.8 Å². The number of carbonyl (C=O) groups is 1. The summed E-state index contributed by atoms with van der Waals surface area (Å²) < 4.78 is 16.2. The van der Waals surface area contributed by atoms with Gasteiger partial charge in [0.25, 0.3) is 0 Å². The molecule has 174 valence electrons. The highest BCUT2D eigenvalue weighted by Crippen LogP contribution is 2.31. The fourth-order valence-corrected chi connectivity index (χ4v) is 4.76. The molecule has 1 saturated carbocycles. The minimum absolute atomic E-state index is 0.0280. The van der Waals surface area contributed by atoms with Gasteiger partial charge >= 0.3 is 0 Å². The van der Waals surface area contributed by atoms with E-state index in [2.05, 4.69) is 20.4 Å². The molecule has 2 fully saturated rings. The van der Waals surface area contributed by atoms with Gasteiger partial charge in [-0.25, -0.2) is 0 Å². The summed E-state index contributed by atoms with van der Waals surface area (Å²) in [5.74, 6) is 2.58. The zero-order valence-corrected chi connectivity index (χ0v) is 19.1. The van der Waals surface area contributed by atoms with Crippen LogP contribution in [0, 0.1) is 5.92 Å². The number of hydrogen-bond acceptors (Lipinski definition) is 7. The van der Waals surface area contributed by atoms with Crippen LogP contribution < -0.4 is 14.8 Å². The van der Waals surface area contributed by atoms with E-state index in [1.54, 1.807) is 14.2 Å². The molecule has 32 heavy (non-hydrogen) atoms. The number of likely N-dealkylation sites (tertiary alicyclic amines) is 1. The highest BCUT2D eigenvalue weighted by molar-refractivity contribution is 5.79. The Kier molecular flexibility index (Phi) is 7.63. The molecule has 1 amide bonds. The van der Waals surface area contributed by atoms with Crippen LogP contribution in [0.2, 0.25) is 0 Å². The van der Waals surface area contributed by atoms with Crippen LogP contribution in [0.4, 0.5) is 0 Å². The van der Waals surface area contributed by atoms with Crippen LogP contribution in [-0.2, 0) is 11.3 Å². The maximum absolute atomic E-state index is 12.9. The third-order valence-electron chi connectivity index (χ3n) is 6.55. The number of amides is 1. The number of rotatable bonds is 7. The molecule has 0 bridgehead atoms. The van der Waals surface area contributed by atoms with Crippen molar-refractivity contribution in [1.82, 2.24) is 20.4 Å². The largest absolute Gasteiger partial charge is 0.493 e. The summed E-state index contributed by atoms with van der Waals surface area (Å²) in [5, 5.41) is 7.45. The number of aromatic nitrogens is 2. The predicted molar refractivity (Wildman–Crippen MR) is 120 cm³/mol. The molecule has 1 atom stereocenters. The zero-order valence-electron chi connectivity index (χ0n) is 19.1. The van der Waals surface area contributed by atoms with Gasteiger partial charge in [0.05, 0.1) is 26.7 Å². The van der Waals surface area contributed by atoms with Crippen LogP contribution in [-0.4, -0.2) is 54.3 Å². The number of methoxy groups -OCH3 is 2. The van der Waals surface area contributed by atoms with Crippen molar-refractivity contribution < 1.29 is 18.8 Å². The highest BCUT2D eigenvalue weighted by atomic mass is 16.5. The summed E-state index contributed by atoms with van der Waals surface area (Å²) in [6, 6.07) is 5.89. The van der Waals surface area contributed by atoms with Crippen molar-refractivity contribution in [3.63, 3.8) is 0 Å². The molecule has 1 saturated heterocycles. The Labute approximate surface area is 189 Å². The molecule has 8 heteroatoms. The van der Waals surface area contributed by atoms with E-state index in [1.807, 2.05) is 18.2 Å². The molecule has 1 aliphatic heterocycles. The third kappa shape index (κ3) is 5.59. The Hall–Kier alpha value is -2.61. The number of piperidine rings is 1. The second-order valence-corrected chi connectivity index (χ2v) is 8.85. The van der Waals surface area contributed by atoms with Crippen LogP contribution in [0.25, 0.3) is 11.4 Å². The second kappa shape index (κ2) is 10.8. The predicted octanol–water partition coefficient (Wildman–Crippen LogP) is 3.80. The average molecular weight is 443 g/mol. The fraction of sp³-hybridized carbons (Fsp3) is 0.625. The first kappa shape index (κ1) is 22.6. The van der Waals surface area contributed by atoms with E-state index in [-0.39, 0.29) is 11.8 Å². The number of hydrogen-bond donors (Lipinski definition) is 1. The fourth-order valence-electron chi connectivity index (χ4n) is 4.76. The van der Waals surface area contributed by atoms with Crippen molar-refractivity contribution in [1.29, 1.82) is 0 Å². The molecule has 2 aliphatic rings. The molecule has 8 nitrogen and oxygen atoms in total. The van der Waals surface area contributed by atoms with E-state index in [0.29, 0.717) is 35.8 Å². The van der Waals surface area contributed by atoms with Crippen LogP contribution in [0.5, 0.6) is 11.5 Å². The normalized spacial score (nSPS) is 20.5. The van der Waals surface area contributed by atoms with E-state index < -0.39 is 0 Å². The molecule has 4 rings (SSSR count). The number of ether oxygens (including phenoxy) is 2. The van der Waals surface area contributed by atoms with Gasteiger partial charge in [0.15, 0.2) is 11.5 Å². The highest BCUT2D eigenvalue weighted by Gasteiger charge is 2.28. The first-order valence-electron chi connectivity index (χ1n) is 11.7. The monoisotopic (exact) mass is 442 g/mol. The van der Waals surface area contributed by atoms with Crippen LogP contribution in [0.15, 0.2) is 22.7 Å². The molecule has 0 radical (unpaired) electrons. The SMILES string of the molecule is COc1ccc(-c2noc(CN3CCC[C@@H](C(=O)NC4CCCCCC4)C3)n2)cc1OC. The van der Waals surface area contributed by atoms with E-state index in [1.165, 1.54) is 25.7 Å². The Morgan fingerprint density at radius 1 is 1.09 bits per heavy atom. The number of nitrogens with zero attached hydrogens (tertiary/aromatic N) is 3. The van der Waals surface area contributed by atoms with E-state index in [9.17, 15) is 4.79 Å². The van der Waals surface area contributed by atoms with Crippen LogP contribution in [0.1, 0.15) is 57.3 Å². The van der Waals surface area contributed by atoms with Gasteiger partial charge in [0.2, 0.25) is 17.6 Å². The van der Waals surface area contributed by atoms with Crippen molar-refractivity contribution in [2.24, 2.45) is 5.92 Å². The van der Waals surface area contributed by atoms with Gasteiger partial charge in [-0.3, -0.25) is 9.69 Å². The van der Waals surface area contributed by atoms with E-state index in [4.69, 9.17) is 14.0 Å². The summed E-state index contributed by atoms with van der Waals surface area (Å²) >= 11 is 0. The molecule has 1 aliphatic carbocycles. The molecular weight excluding hydrogens is 408 g/mol. The van der Waals surface area contributed by atoms with Gasteiger partial charge in [-0.15, -0.1) is 0 Å². The topological polar surface area (TPSA) is 89.7 Å². The molecule has 2 aromatic rings. The minimum Gasteiger partial charge on any atom is -0.493 e. The lowest BCUT2D eigenvalue weighted by Crippen LogP contribution is -2.45. The standard InChI is InChI=1S/C24H34N4O4/c1-30-20-12-11-17(14-21(20)31-2)23-26-22(32-27-23)16-28-13-7-8-18(15-28)24(29)25-19-9-5-3-4-6-10-19/h11-12,14,18-19H,3-10,13,15-16H2,1-2H3,(H,25,29)/t18-/m1/s1. The Bertz CT molecular complexity index is 892. The first-order valence-corrected chi connectivity index (χ1v) is 11.7. The van der Waals surface area contributed by atoms with E-state index >= 15 is 0 Å². The van der Waals surface area contributed by atoms with Crippen LogP contribution in [0.3, 0.4) is 0 Å². The quantitative estimate of drug-likeness (QED) is 0.652. The Balaban J connectivity index is 1.34. The Morgan fingerprint density at radius 2 is 1.88 bits per heavy atom. The zero-order chi connectivity index (χ0) is 22.3. The van der Waals surface area contributed by atoms with Gasteiger partial charge in [-0.05, 0) is 50.4 Å². The van der Waals surface area contributed by atoms with Crippen molar-refractivity contribution in [2.45, 2.75) is 64.0 Å². The summed E-state index contributed by atoms with van der Waals surface area (Å²) in [6.45, 7) is 2.21. The van der Waals surface area contributed by atoms with Crippen molar-refractivity contribution in [3.05, 3.63) is 24.1 Å². The molecule has 0 unspecified atom stereocenters. The first-order chi connectivity index (χ1) is 15.7. The molecule has 1 N–H and O–H groups in total. The average Bonchev–Trinajstić information content (AvgIpc) is 3.13. The van der Waals surface area contributed by atoms with Crippen molar-refractivity contribution >= 4 is 5.91 Å². The summed E-state index contributed by atoms with van der Waals surface area (Å²) in [5.41, 5.74) is 0.803. The van der Waals surface area contributed by atoms with E-state index in [0.717, 1.165) is 44.3 Å². The van der Waals surface area contributed by atoms with Gasteiger partial charge < -0.3 is 19.3 Å². The van der Waals surface area contributed by atoms with Gasteiger partial charge in [0, 0.05) is 18.2 Å². The smallest absolute Gasteiger partial charge is 0.241 e. The summed E-state index contributed by atoms with van der Waals surface area (Å²) in [6.07, 6.45) is 9.20. The number of nitrogens with one attached hydrogen (secondary N) is 1. The second-order valence-electron chi connectivity index (χ2n) is 8.85. The summed E-state index contributed by atoms with van der Waals surface area (Å²) in [4.78, 5) is 19.7. The molecular formula is C24H34N4O4. The molecule has 1 aromatic heterocycles. The lowest BCUT2D eigenvalue weighted by Gasteiger charge is -2.31. The lowest BCUT2D eigenvalue weighted by molar-refractivity contribution is -0.127. The molecule has 0 spiro atoms. The van der Waals surface area contributed by atoms with Gasteiger partial charge in [-0.2, -0.15) is 4.98 Å². The summed E-state index contributed by atoms with van der Waals surface area (Å²) in [7, 11) is 3.20. The molecule has 1 aromatic carbocycles. The van der Waals surface area contributed by atoms with Gasteiger partial charge in [0.1, 0.15) is 0 Å². The Morgan fingerprint density at radius 3 is 2.62 bits per heavy atom. The third-order valence-corrected chi connectivity index (χ3v) is 6.55. The number of benzene rings is 1. The van der Waals surface area contributed by atoms with Crippen molar-refractivity contribution in [2.75, 3.05) is 27.3 Å². The number of carbonyl (C=O) groups excluding carboxylic acids is 1. The minimum atomic E-state index is 0.0280. The maximum Gasteiger partial charge on any atom is 0.241 e. The van der Waals surface area contributed by atoms with Crippen LogP contribution >= 0.6 is 0 Å². The van der Waals surface area contributed by atoms with Crippen molar-refractivity contribution in [3.8, 4) is 22.9 Å². The molecule has 2 heterocycles. The maximum atomic E-state index is 12.9.